The molecule has 2 heterocycles. The van der Waals surface area contributed by atoms with Gasteiger partial charge in [-0.3, -0.25) is 9.59 Å². The van der Waals surface area contributed by atoms with Crippen LogP contribution < -0.4 is 10.9 Å². The Hall–Kier alpha value is -2.28. The predicted octanol–water partition coefficient (Wildman–Crippen LogP) is 2.45. The molecule has 7 heteroatoms. The molecule has 0 fully saturated rings. The zero-order chi connectivity index (χ0) is 16.4. The SMILES string of the molecule is CCCSc1nc2c(c(=O)[nH]1)[C@H](c1cccc(O)c1)CC(=O)N2. The molecule has 0 aliphatic carbocycles. The van der Waals surface area contributed by atoms with Crippen molar-refractivity contribution in [3.63, 3.8) is 0 Å². The van der Waals surface area contributed by atoms with Crippen LogP contribution in [-0.4, -0.2) is 26.7 Å². The first-order valence-corrected chi connectivity index (χ1v) is 8.43. The Balaban J connectivity index is 2.07. The summed E-state index contributed by atoms with van der Waals surface area (Å²) in [5, 5.41) is 12.9. The zero-order valence-corrected chi connectivity index (χ0v) is 13.4. The van der Waals surface area contributed by atoms with Crippen molar-refractivity contribution in [2.24, 2.45) is 0 Å². The van der Waals surface area contributed by atoms with Crippen molar-refractivity contribution < 1.29 is 9.90 Å². The smallest absolute Gasteiger partial charge is 0.257 e. The highest BCUT2D eigenvalue weighted by Gasteiger charge is 2.31. The van der Waals surface area contributed by atoms with Gasteiger partial charge in [0, 0.05) is 18.1 Å². The average molecular weight is 331 g/mol. The molecule has 0 unspecified atom stereocenters. The molecule has 6 nitrogen and oxygen atoms in total. The monoisotopic (exact) mass is 331 g/mol. The molecule has 0 radical (unpaired) electrons. The summed E-state index contributed by atoms with van der Waals surface area (Å²) < 4.78 is 0. The molecule has 1 atom stereocenters. The van der Waals surface area contributed by atoms with Crippen molar-refractivity contribution in [1.82, 2.24) is 9.97 Å². The second-order valence-electron chi connectivity index (χ2n) is 5.38. The molecular formula is C16H17N3O3S. The van der Waals surface area contributed by atoms with E-state index < -0.39 is 5.92 Å². The largest absolute Gasteiger partial charge is 0.508 e. The number of rotatable bonds is 4. The van der Waals surface area contributed by atoms with Crippen molar-refractivity contribution in [2.75, 3.05) is 11.1 Å². The van der Waals surface area contributed by atoms with Crippen LogP contribution >= 0.6 is 11.8 Å². The molecule has 1 aromatic heterocycles. The van der Waals surface area contributed by atoms with Gasteiger partial charge in [-0.1, -0.05) is 30.8 Å². The maximum absolute atomic E-state index is 12.5. The summed E-state index contributed by atoms with van der Waals surface area (Å²) in [6.45, 7) is 2.04. The number of carbonyl (C=O) groups excluding carboxylic acids is 1. The van der Waals surface area contributed by atoms with Crippen LogP contribution in [0.3, 0.4) is 0 Å². The minimum absolute atomic E-state index is 0.106. The molecule has 1 aliphatic heterocycles. The van der Waals surface area contributed by atoms with Gasteiger partial charge in [0.1, 0.15) is 11.6 Å². The molecule has 0 spiro atoms. The number of fused-ring (bicyclic) bond motifs is 1. The Bertz CT molecular complexity index is 803. The third kappa shape index (κ3) is 3.24. The number of benzene rings is 1. The number of anilines is 1. The first kappa shape index (κ1) is 15.6. The van der Waals surface area contributed by atoms with E-state index in [1.807, 2.05) is 6.92 Å². The third-order valence-corrected chi connectivity index (χ3v) is 4.72. The van der Waals surface area contributed by atoms with Gasteiger partial charge < -0.3 is 15.4 Å². The molecule has 0 saturated carbocycles. The highest BCUT2D eigenvalue weighted by atomic mass is 32.2. The van der Waals surface area contributed by atoms with Gasteiger partial charge in [0.15, 0.2) is 5.16 Å². The van der Waals surface area contributed by atoms with E-state index in [1.54, 1.807) is 24.3 Å². The molecule has 1 aromatic carbocycles. The van der Waals surface area contributed by atoms with Gasteiger partial charge in [-0.05, 0) is 24.1 Å². The maximum Gasteiger partial charge on any atom is 0.257 e. The third-order valence-electron chi connectivity index (χ3n) is 3.64. The number of hydrogen-bond donors (Lipinski definition) is 3. The number of aromatic nitrogens is 2. The topological polar surface area (TPSA) is 95.1 Å². The van der Waals surface area contributed by atoms with Crippen LogP contribution in [0.25, 0.3) is 0 Å². The lowest BCUT2D eigenvalue weighted by Crippen LogP contribution is -2.31. The Morgan fingerprint density at radius 3 is 2.96 bits per heavy atom. The lowest BCUT2D eigenvalue weighted by atomic mass is 9.87. The number of phenols is 1. The lowest BCUT2D eigenvalue weighted by molar-refractivity contribution is -0.116. The molecule has 0 saturated heterocycles. The summed E-state index contributed by atoms with van der Waals surface area (Å²) in [5.74, 6) is 0.667. The zero-order valence-electron chi connectivity index (χ0n) is 12.6. The van der Waals surface area contributed by atoms with E-state index in [1.165, 1.54) is 11.8 Å². The summed E-state index contributed by atoms with van der Waals surface area (Å²) in [6.07, 6.45) is 1.12. The minimum atomic E-state index is -0.410. The number of thioether (sulfide) groups is 1. The fraction of sp³-hybridized carbons (Fsp3) is 0.312. The van der Waals surface area contributed by atoms with Crippen LogP contribution in [-0.2, 0) is 4.79 Å². The number of nitrogens with zero attached hydrogens (tertiary/aromatic N) is 1. The van der Waals surface area contributed by atoms with E-state index in [4.69, 9.17) is 0 Å². The van der Waals surface area contributed by atoms with E-state index in [9.17, 15) is 14.7 Å². The number of amides is 1. The molecule has 3 N–H and O–H groups in total. The summed E-state index contributed by atoms with van der Waals surface area (Å²) in [7, 11) is 0. The average Bonchev–Trinajstić information content (AvgIpc) is 2.51. The van der Waals surface area contributed by atoms with E-state index in [0.717, 1.165) is 17.7 Å². The standard InChI is InChI=1S/C16H17N3O3S/c1-2-6-23-16-18-14-13(15(22)19-16)11(8-12(21)17-14)9-4-3-5-10(20)7-9/h3-5,7,11,20H,2,6,8H2,1H3,(H2,17,18,19,21,22)/t11-/m0/s1. The first-order chi connectivity index (χ1) is 11.1. The quantitative estimate of drug-likeness (QED) is 0.591. The van der Waals surface area contributed by atoms with Crippen molar-refractivity contribution in [3.8, 4) is 5.75 Å². The lowest BCUT2D eigenvalue weighted by Gasteiger charge is -2.24. The summed E-state index contributed by atoms with van der Waals surface area (Å²) in [6, 6.07) is 6.63. The molecule has 1 aliphatic rings. The van der Waals surface area contributed by atoms with Crippen LogP contribution in [0.2, 0.25) is 0 Å². The molecule has 2 aromatic rings. The van der Waals surface area contributed by atoms with Gasteiger partial charge in [0.25, 0.3) is 5.56 Å². The van der Waals surface area contributed by atoms with E-state index in [0.29, 0.717) is 16.5 Å². The molecular weight excluding hydrogens is 314 g/mol. The van der Waals surface area contributed by atoms with Gasteiger partial charge in [-0.2, -0.15) is 0 Å². The highest BCUT2D eigenvalue weighted by molar-refractivity contribution is 7.99. The van der Waals surface area contributed by atoms with Crippen molar-refractivity contribution >= 4 is 23.5 Å². The van der Waals surface area contributed by atoms with Crippen LogP contribution in [0, 0.1) is 0 Å². The number of H-pyrrole nitrogens is 1. The maximum atomic E-state index is 12.5. The van der Waals surface area contributed by atoms with E-state index >= 15 is 0 Å². The van der Waals surface area contributed by atoms with Crippen LogP contribution in [0.5, 0.6) is 5.75 Å². The van der Waals surface area contributed by atoms with Crippen molar-refractivity contribution in [2.45, 2.75) is 30.8 Å². The number of carbonyl (C=O) groups is 1. The Labute approximate surface area is 137 Å². The van der Waals surface area contributed by atoms with Crippen LogP contribution in [0.1, 0.15) is 36.8 Å². The first-order valence-electron chi connectivity index (χ1n) is 7.44. The fourth-order valence-electron chi connectivity index (χ4n) is 2.64. The molecule has 1 amide bonds. The number of nitrogens with one attached hydrogen (secondary N) is 2. The molecule has 120 valence electrons. The highest BCUT2D eigenvalue weighted by Crippen LogP contribution is 2.35. The number of aromatic hydroxyl groups is 1. The van der Waals surface area contributed by atoms with E-state index in [-0.39, 0.29) is 23.6 Å². The van der Waals surface area contributed by atoms with Crippen LogP contribution in [0.4, 0.5) is 5.82 Å². The normalized spacial score (nSPS) is 16.7. The van der Waals surface area contributed by atoms with Crippen molar-refractivity contribution in [1.29, 1.82) is 0 Å². The molecule has 23 heavy (non-hydrogen) atoms. The van der Waals surface area contributed by atoms with Gasteiger partial charge >= 0.3 is 0 Å². The van der Waals surface area contributed by atoms with Gasteiger partial charge in [-0.25, -0.2) is 4.98 Å². The van der Waals surface area contributed by atoms with Gasteiger partial charge in [-0.15, -0.1) is 0 Å². The number of aromatic amines is 1. The van der Waals surface area contributed by atoms with Crippen molar-refractivity contribution in [3.05, 3.63) is 45.7 Å². The summed E-state index contributed by atoms with van der Waals surface area (Å²) >= 11 is 1.45. The van der Waals surface area contributed by atoms with E-state index in [2.05, 4.69) is 15.3 Å². The minimum Gasteiger partial charge on any atom is -0.508 e. The Morgan fingerprint density at radius 1 is 1.39 bits per heavy atom. The molecule has 0 bridgehead atoms. The van der Waals surface area contributed by atoms with Gasteiger partial charge in [0.05, 0.1) is 5.56 Å². The van der Waals surface area contributed by atoms with Crippen LogP contribution in [0.15, 0.2) is 34.2 Å². The second kappa shape index (κ2) is 6.45. The Morgan fingerprint density at radius 2 is 2.22 bits per heavy atom. The fourth-order valence-corrected chi connectivity index (χ4v) is 3.36. The number of hydrogen-bond acceptors (Lipinski definition) is 5. The number of phenolic OH excluding ortho intramolecular Hbond substituents is 1. The Kier molecular flexibility index (Phi) is 4.38. The predicted molar refractivity (Wildman–Crippen MR) is 89.1 cm³/mol. The van der Waals surface area contributed by atoms with Gasteiger partial charge in [0.2, 0.25) is 5.91 Å². The summed E-state index contributed by atoms with van der Waals surface area (Å²) in [5.41, 5.74) is 0.917. The second-order valence-corrected chi connectivity index (χ2v) is 6.47. The summed E-state index contributed by atoms with van der Waals surface area (Å²) in [4.78, 5) is 31.7. The molecule has 3 rings (SSSR count).